The van der Waals surface area contributed by atoms with E-state index in [2.05, 4.69) is 20.5 Å². The second-order valence-electron chi connectivity index (χ2n) is 8.34. The Morgan fingerprint density at radius 2 is 1.94 bits per heavy atom. The summed E-state index contributed by atoms with van der Waals surface area (Å²) in [4.78, 5) is 37.0. The third kappa shape index (κ3) is 4.22. The number of nitrogens with zero attached hydrogens (tertiary/aromatic N) is 4. The first-order valence-corrected chi connectivity index (χ1v) is 10.8. The Balaban J connectivity index is 1.46. The van der Waals surface area contributed by atoms with Gasteiger partial charge in [0.05, 0.1) is 37.6 Å². The van der Waals surface area contributed by atoms with Gasteiger partial charge in [-0.3, -0.25) is 4.79 Å². The zero-order valence-electron chi connectivity index (χ0n) is 17.9. The molecule has 2 fully saturated rings. The van der Waals surface area contributed by atoms with Crippen molar-refractivity contribution < 1.29 is 18.7 Å². The summed E-state index contributed by atoms with van der Waals surface area (Å²) in [5, 5.41) is 5.47. The number of benzene rings is 1. The van der Waals surface area contributed by atoms with Crippen LogP contribution in [0.15, 0.2) is 18.2 Å². The van der Waals surface area contributed by atoms with Crippen LogP contribution in [0.25, 0.3) is 11.4 Å². The van der Waals surface area contributed by atoms with Gasteiger partial charge in [-0.2, -0.15) is 0 Å². The number of urea groups is 1. The molecule has 1 aromatic heterocycles. The van der Waals surface area contributed by atoms with E-state index in [1.165, 1.54) is 13.0 Å². The van der Waals surface area contributed by atoms with Gasteiger partial charge in [0.1, 0.15) is 11.6 Å². The van der Waals surface area contributed by atoms with Crippen LogP contribution in [-0.2, 0) is 22.6 Å². The maximum atomic E-state index is 15.0. The Hall–Kier alpha value is -3.27. The lowest BCUT2D eigenvalue weighted by Gasteiger charge is -2.29. The molecule has 1 saturated heterocycles. The maximum Gasteiger partial charge on any atom is 0.319 e. The monoisotopic (exact) mass is 440 g/mol. The van der Waals surface area contributed by atoms with Crippen LogP contribution in [0, 0.1) is 5.82 Å². The SMILES string of the molecule is CC(=O)N1Cc2nc(-c3ccc(NC(=O)NC4CC4)cc3F)nc(N3CCOCC3)c2C1. The molecule has 5 rings (SSSR count). The first-order valence-electron chi connectivity index (χ1n) is 10.8. The molecule has 1 saturated carbocycles. The van der Waals surface area contributed by atoms with Crippen molar-refractivity contribution in [3.8, 4) is 11.4 Å². The zero-order chi connectivity index (χ0) is 22.2. The van der Waals surface area contributed by atoms with Crippen molar-refractivity contribution in [3.05, 3.63) is 35.3 Å². The van der Waals surface area contributed by atoms with Gasteiger partial charge in [-0.1, -0.05) is 0 Å². The van der Waals surface area contributed by atoms with E-state index in [1.54, 1.807) is 17.0 Å². The summed E-state index contributed by atoms with van der Waals surface area (Å²) < 4.78 is 20.5. The van der Waals surface area contributed by atoms with E-state index < -0.39 is 5.82 Å². The second kappa shape index (κ2) is 8.34. The number of amides is 3. The third-order valence-corrected chi connectivity index (χ3v) is 5.90. The number of hydrogen-bond acceptors (Lipinski definition) is 6. The molecule has 2 aliphatic heterocycles. The topological polar surface area (TPSA) is 99.7 Å². The summed E-state index contributed by atoms with van der Waals surface area (Å²) in [6, 6.07) is 4.36. The summed E-state index contributed by atoms with van der Waals surface area (Å²) in [6.45, 7) is 4.86. The van der Waals surface area contributed by atoms with Gasteiger partial charge in [0.15, 0.2) is 5.82 Å². The van der Waals surface area contributed by atoms with Crippen molar-refractivity contribution in [2.75, 3.05) is 36.5 Å². The number of rotatable bonds is 4. The molecule has 0 radical (unpaired) electrons. The van der Waals surface area contributed by atoms with E-state index in [0.717, 1.165) is 29.9 Å². The molecule has 0 bridgehead atoms. The lowest BCUT2D eigenvalue weighted by atomic mass is 10.1. The van der Waals surface area contributed by atoms with Gasteiger partial charge in [0.25, 0.3) is 0 Å². The molecule has 9 nitrogen and oxygen atoms in total. The fourth-order valence-electron chi connectivity index (χ4n) is 3.97. The van der Waals surface area contributed by atoms with E-state index in [-0.39, 0.29) is 29.4 Å². The lowest BCUT2D eigenvalue weighted by molar-refractivity contribution is -0.129. The van der Waals surface area contributed by atoms with E-state index in [4.69, 9.17) is 9.72 Å². The molecule has 168 valence electrons. The molecule has 0 spiro atoms. The standard InChI is InChI=1S/C22H25FN6O3/c1-13(30)29-11-17-19(12-29)26-20(27-21(17)28-6-8-32-9-7-28)16-5-4-15(10-18(16)23)25-22(31)24-14-2-3-14/h4-5,10,14H,2-3,6-9,11-12H2,1H3,(H2,24,25,31). The third-order valence-electron chi connectivity index (χ3n) is 5.90. The van der Waals surface area contributed by atoms with Crippen LogP contribution >= 0.6 is 0 Å². The molecule has 3 heterocycles. The lowest BCUT2D eigenvalue weighted by Crippen LogP contribution is -2.37. The first-order chi connectivity index (χ1) is 15.5. The molecule has 0 atom stereocenters. The summed E-state index contributed by atoms with van der Waals surface area (Å²) in [7, 11) is 0. The van der Waals surface area contributed by atoms with Crippen molar-refractivity contribution in [1.29, 1.82) is 0 Å². The predicted molar refractivity (Wildman–Crippen MR) is 116 cm³/mol. The van der Waals surface area contributed by atoms with Gasteiger partial charge in [-0.25, -0.2) is 19.2 Å². The number of anilines is 2. The fourth-order valence-corrected chi connectivity index (χ4v) is 3.97. The second-order valence-corrected chi connectivity index (χ2v) is 8.34. The van der Waals surface area contributed by atoms with Crippen molar-refractivity contribution in [2.24, 2.45) is 0 Å². The van der Waals surface area contributed by atoms with E-state index in [0.29, 0.717) is 45.1 Å². The average molecular weight is 440 g/mol. The van der Waals surface area contributed by atoms with E-state index in [1.807, 2.05) is 0 Å². The van der Waals surface area contributed by atoms with E-state index in [9.17, 15) is 9.59 Å². The molecule has 1 aromatic carbocycles. The number of carbonyl (C=O) groups excluding carboxylic acids is 2. The molecule has 10 heteroatoms. The number of hydrogen-bond donors (Lipinski definition) is 2. The number of ether oxygens (including phenoxy) is 1. The number of fused-ring (bicyclic) bond motifs is 1. The summed E-state index contributed by atoms with van der Waals surface area (Å²) >= 11 is 0. The normalized spacial score (nSPS) is 17.8. The molecule has 1 aliphatic carbocycles. The van der Waals surface area contributed by atoms with Crippen LogP contribution in [0.5, 0.6) is 0 Å². The Kier molecular flexibility index (Phi) is 5.38. The number of nitrogens with one attached hydrogen (secondary N) is 2. The van der Waals surface area contributed by atoms with E-state index >= 15 is 4.39 Å². The van der Waals surface area contributed by atoms with Gasteiger partial charge < -0.3 is 25.2 Å². The first kappa shape index (κ1) is 20.6. The van der Waals surface area contributed by atoms with Gasteiger partial charge in [0, 0.05) is 37.3 Å². The highest BCUT2D eigenvalue weighted by Gasteiger charge is 2.30. The molecule has 3 aliphatic rings. The van der Waals surface area contributed by atoms with Gasteiger partial charge >= 0.3 is 6.03 Å². The predicted octanol–water partition coefficient (Wildman–Crippen LogP) is 2.27. The highest BCUT2D eigenvalue weighted by Crippen LogP contribution is 2.33. The fraction of sp³-hybridized carbons (Fsp3) is 0.455. The number of carbonyl (C=O) groups is 2. The number of halogens is 1. The van der Waals surface area contributed by atoms with Gasteiger partial charge in [-0.05, 0) is 31.0 Å². The molecular formula is C22H25FN6O3. The highest BCUT2D eigenvalue weighted by atomic mass is 19.1. The molecule has 2 aromatic rings. The molecule has 2 N–H and O–H groups in total. The smallest absolute Gasteiger partial charge is 0.319 e. The number of morpholine rings is 1. The largest absolute Gasteiger partial charge is 0.378 e. The van der Waals surface area contributed by atoms with Crippen molar-refractivity contribution in [3.63, 3.8) is 0 Å². The van der Waals surface area contributed by atoms with Crippen LogP contribution < -0.4 is 15.5 Å². The highest BCUT2D eigenvalue weighted by molar-refractivity contribution is 5.90. The molecule has 0 unspecified atom stereocenters. The minimum Gasteiger partial charge on any atom is -0.378 e. The van der Waals surface area contributed by atoms with Crippen molar-refractivity contribution in [1.82, 2.24) is 20.2 Å². The molecule has 32 heavy (non-hydrogen) atoms. The Morgan fingerprint density at radius 1 is 1.16 bits per heavy atom. The van der Waals surface area contributed by atoms with Crippen LogP contribution in [0.4, 0.5) is 20.7 Å². The van der Waals surface area contributed by atoms with Crippen molar-refractivity contribution >= 4 is 23.4 Å². The maximum absolute atomic E-state index is 15.0. The zero-order valence-corrected chi connectivity index (χ0v) is 17.9. The van der Waals surface area contributed by atoms with Crippen LogP contribution in [0.1, 0.15) is 31.0 Å². The van der Waals surface area contributed by atoms with Crippen LogP contribution in [-0.4, -0.2) is 59.2 Å². The van der Waals surface area contributed by atoms with Gasteiger partial charge in [0.2, 0.25) is 5.91 Å². The minimum absolute atomic E-state index is 0.0384. The Labute approximate surface area is 185 Å². The number of aromatic nitrogens is 2. The average Bonchev–Trinajstić information content (AvgIpc) is 3.47. The summed E-state index contributed by atoms with van der Waals surface area (Å²) in [5.41, 5.74) is 2.25. The molecular weight excluding hydrogens is 415 g/mol. The Morgan fingerprint density at radius 3 is 2.62 bits per heavy atom. The summed E-state index contributed by atoms with van der Waals surface area (Å²) in [5.74, 6) is 0.427. The minimum atomic E-state index is -0.525. The molecule has 3 amide bonds. The van der Waals surface area contributed by atoms with Crippen LogP contribution in [0.3, 0.4) is 0 Å². The quantitative estimate of drug-likeness (QED) is 0.757. The van der Waals surface area contributed by atoms with Gasteiger partial charge in [-0.15, -0.1) is 0 Å². The van der Waals surface area contributed by atoms with Crippen LogP contribution in [0.2, 0.25) is 0 Å². The Bertz CT molecular complexity index is 1070. The van der Waals surface area contributed by atoms with Crippen molar-refractivity contribution in [2.45, 2.75) is 38.9 Å². The summed E-state index contributed by atoms with van der Waals surface area (Å²) in [6.07, 6.45) is 1.95.